The Labute approximate surface area is 243 Å². The Morgan fingerprint density at radius 1 is 0.976 bits per heavy atom. The molecule has 1 aromatic carbocycles. The first-order valence-electron chi connectivity index (χ1n) is 13.8. The topological polar surface area (TPSA) is 112 Å². The lowest BCUT2D eigenvalue weighted by molar-refractivity contribution is -0.125. The van der Waals surface area contributed by atoms with Crippen LogP contribution in [-0.4, -0.2) is 73.8 Å². The van der Waals surface area contributed by atoms with E-state index in [1.165, 1.54) is 0 Å². The number of benzene rings is 1. The lowest BCUT2D eigenvalue weighted by atomic mass is 9.64. The van der Waals surface area contributed by atoms with Crippen molar-refractivity contribution in [1.29, 1.82) is 0 Å². The summed E-state index contributed by atoms with van der Waals surface area (Å²) in [6.07, 6.45) is 6.33. The molecule has 5 heterocycles. The molecule has 0 unspecified atom stereocenters. The number of amides is 1. The first-order valence-corrected chi connectivity index (χ1v) is 16.0. The molecule has 1 saturated carbocycles. The molecule has 1 aliphatic carbocycles. The van der Waals surface area contributed by atoms with Gasteiger partial charge in [-0.2, -0.15) is 4.37 Å². The van der Waals surface area contributed by atoms with Crippen molar-refractivity contribution in [2.24, 2.45) is 0 Å². The van der Waals surface area contributed by atoms with Gasteiger partial charge in [0.05, 0.1) is 34.2 Å². The number of sulfonamides is 1. The summed E-state index contributed by atoms with van der Waals surface area (Å²) in [5, 5.41) is 0.961. The van der Waals surface area contributed by atoms with Gasteiger partial charge in [-0.3, -0.25) is 14.5 Å². The number of carbonyl (C=O) groups is 1. The lowest BCUT2D eigenvalue weighted by Gasteiger charge is -2.37. The summed E-state index contributed by atoms with van der Waals surface area (Å²) in [5.74, 6) is 0.752. The van der Waals surface area contributed by atoms with Crippen molar-refractivity contribution >= 4 is 55.6 Å². The minimum absolute atomic E-state index is 0.145. The molecule has 7 rings (SSSR count). The second-order valence-corrected chi connectivity index (χ2v) is 14.0. The fourth-order valence-corrected chi connectivity index (χ4v) is 8.28. The smallest absolute Gasteiger partial charge is 0.273 e. The number of nitrogens with one attached hydrogen (secondary N) is 1. The van der Waals surface area contributed by atoms with Crippen LogP contribution in [0.2, 0.25) is 0 Å². The molecular formula is C29H31N7O3S2. The second-order valence-electron chi connectivity index (χ2n) is 11.3. The number of rotatable bonds is 5. The number of fused-ring (bicyclic) bond motifs is 4. The molecule has 41 heavy (non-hydrogen) atoms. The van der Waals surface area contributed by atoms with Crippen LogP contribution in [0.5, 0.6) is 0 Å². The van der Waals surface area contributed by atoms with Gasteiger partial charge in [0.15, 0.2) is 10.0 Å². The van der Waals surface area contributed by atoms with E-state index in [0.29, 0.717) is 17.2 Å². The maximum Gasteiger partial charge on any atom is 0.273 e. The fourth-order valence-electron chi connectivity index (χ4n) is 6.27. The van der Waals surface area contributed by atoms with Crippen LogP contribution < -0.4 is 14.5 Å². The van der Waals surface area contributed by atoms with Crippen molar-refractivity contribution in [3.05, 3.63) is 54.0 Å². The third-order valence-electron chi connectivity index (χ3n) is 8.73. The molecule has 1 saturated heterocycles. The zero-order valence-electron chi connectivity index (χ0n) is 23.2. The SMILES string of the molecule is Cc1cc(S(=O)(=O)Nc2cc(-c3ccc4ncc5c(c4c3)C3(CCC3)C(=O)N5C)cnc2N2CCN(C)CC2)sn1. The zero-order valence-corrected chi connectivity index (χ0v) is 24.8. The molecule has 2 aliphatic heterocycles. The quantitative estimate of drug-likeness (QED) is 0.372. The third-order valence-corrected chi connectivity index (χ3v) is 11.4. The monoisotopic (exact) mass is 589 g/mol. The van der Waals surface area contributed by atoms with E-state index >= 15 is 0 Å². The molecule has 0 atom stereocenters. The van der Waals surface area contributed by atoms with E-state index in [4.69, 9.17) is 4.98 Å². The van der Waals surface area contributed by atoms with E-state index < -0.39 is 15.4 Å². The average molecular weight is 590 g/mol. The summed E-state index contributed by atoms with van der Waals surface area (Å²) in [6.45, 7) is 4.99. The van der Waals surface area contributed by atoms with Gasteiger partial charge in [0.1, 0.15) is 0 Å². The molecule has 10 nitrogen and oxygen atoms in total. The molecule has 0 bridgehead atoms. The Morgan fingerprint density at radius 3 is 2.44 bits per heavy atom. The number of pyridine rings is 2. The molecule has 12 heteroatoms. The van der Waals surface area contributed by atoms with Gasteiger partial charge in [-0.25, -0.2) is 13.4 Å². The average Bonchev–Trinajstić information content (AvgIpc) is 3.48. The van der Waals surface area contributed by atoms with Crippen molar-refractivity contribution in [2.45, 2.75) is 35.8 Å². The summed E-state index contributed by atoms with van der Waals surface area (Å²) in [6, 6.07) is 9.46. The highest BCUT2D eigenvalue weighted by atomic mass is 32.2. The first kappa shape index (κ1) is 26.3. The Bertz CT molecular complexity index is 1810. The summed E-state index contributed by atoms with van der Waals surface area (Å²) in [4.78, 5) is 28.9. The number of carbonyl (C=O) groups excluding carboxylic acids is 1. The number of piperazine rings is 1. The van der Waals surface area contributed by atoms with Crippen LogP contribution >= 0.6 is 11.5 Å². The number of likely N-dealkylation sites (N-methyl/N-ethyl adjacent to an activating group) is 2. The Morgan fingerprint density at radius 2 is 1.76 bits per heavy atom. The summed E-state index contributed by atoms with van der Waals surface area (Å²) >= 11 is 0.959. The summed E-state index contributed by atoms with van der Waals surface area (Å²) < 4.78 is 33.9. The number of hydrogen-bond acceptors (Lipinski definition) is 9. The van der Waals surface area contributed by atoms with Crippen LogP contribution in [0.4, 0.5) is 17.2 Å². The van der Waals surface area contributed by atoms with Gasteiger partial charge < -0.3 is 14.7 Å². The highest BCUT2D eigenvalue weighted by Gasteiger charge is 2.54. The molecule has 3 aliphatic rings. The van der Waals surface area contributed by atoms with E-state index in [1.807, 2.05) is 31.4 Å². The maximum atomic E-state index is 13.4. The van der Waals surface area contributed by atoms with Gasteiger partial charge in [-0.15, -0.1) is 0 Å². The number of aryl methyl sites for hydroxylation is 1. The third kappa shape index (κ3) is 4.19. The van der Waals surface area contributed by atoms with E-state index in [1.54, 1.807) is 24.1 Å². The van der Waals surface area contributed by atoms with E-state index in [-0.39, 0.29) is 10.1 Å². The normalized spacial score (nSPS) is 18.7. The molecule has 2 fully saturated rings. The minimum atomic E-state index is -3.85. The maximum absolute atomic E-state index is 13.4. The Balaban J connectivity index is 1.34. The minimum Gasteiger partial charge on any atom is -0.352 e. The van der Waals surface area contributed by atoms with Crippen LogP contribution in [0, 0.1) is 6.92 Å². The van der Waals surface area contributed by atoms with Gasteiger partial charge >= 0.3 is 0 Å². The van der Waals surface area contributed by atoms with E-state index in [0.717, 1.165) is 90.3 Å². The van der Waals surface area contributed by atoms with Crippen LogP contribution in [-0.2, 0) is 20.2 Å². The Hall–Kier alpha value is -3.61. The standard InChI is InChI=1S/C29H31N7O3S2/c1-18-13-25(40-32-18)41(38,39)33-23-15-20(16-31-27(23)36-11-9-34(2)10-12-36)19-5-6-22-21(14-19)26-24(17-30-22)35(3)28(37)29(26)7-4-8-29/h5-6,13-17,33H,4,7-12H2,1-3H3. The predicted molar refractivity (Wildman–Crippen MR) is 161 cm³/mol. The molecule has 1 amide bonds. The molecule has 1 N–H and O–H groups in total. The fraction of sp³-hybridized carbons (Fsp3) is 0.379. The van der Waals surface area contributed by atoms with Crippen LogP contribution in [0.1, 0.15) is 30.5 Å². The predicted octanol–water partition coefficient (Wildman–Crippen LogP) is 4.01. The molecule has 0 radical (unpaired) electrons. The number of nitrogens with zero attached hydrogens (tertiary/aromatic N) is 6. The van der Waals surface area contributed by atoms with Crippen molar-refractivity contribution < 1.29 is 13.2 Å². The summed E-state index contributed by atoms with van der Waals surface area (Å²) in [5.41, 5.74) is 5.05. The zero-order chi connectivity index (χ0) is 28.5. The van der Waals surface area contributed by atoms with Crippen LogP contribution in [0.25, 0.3) is 22.0 Å². The van der Waals surface area contributed by atoms with Crippen LogP contribution in [0.3, 0.4) is 0 Å². The highest BCUT2D eigenvalue weighted by Crippen LogP contribution is 2.55. The molecule has 1 spiro atoms. The highest BCUT2D eigenvalue weighted by molar-refractivity contribution is 7.94. The van der Waals surface area contributed by atoms with Crippen LogP contribution in [0.15, 0.2) is 46.9 Å². The second kappa shape index (κ2) is 9.47. The molecule has 3 aromatic heterocycles. The van der Waals surface area contributed by atoms with Crippen molar-refractivity contribution in [3.63, 3.8) is 0 Å². The van der Waals surface area contributed by atoms with E-state index in [9.17, 15) is 13.2 Å². The van der Waals surface area contributed by atoms with E-state index in [2.05, 4.69) is 37.0 Å². The van der Waals surface area contributed by atoms with Gasteiger partial charge in [-0.1, -0.05) is 12.5 Å². The Kier molecular flexibility index (Phi) is 6.07. The first-order chi connectivity index (χ1) is 19.7. The number of hydrogen-bond donors (Lipinski definition) is 1. The van der Waals surface area contributed by atoms with Crippen molar-refractivity contribution in [3.8, 4) is 11.1 Å². The van der Waals surface area contributed by atoms with Gasteiger partial charge in [0, 0.05) is 55.9 Å². The largest absolute Gasteiger partial charge is 0.352 e. The molecule has 212 valence electrons. The lowest BCUT2D eigenvalue weighted by Crippen LogP contribution is -2.45. The van der Waals surface area contributed by atoms with Gasteiger partial charge in [0.2, 0.25) is 5.91 Å². The van der Waals surface area contributed by atoms with Gasteiger partial charge in [-0.05, 0) is 68.2 Å². The number of anilines is 3. The summed E-state index contributed by atoms with van der Waals surface area (Å²) in [7, 11) is 0.0527. The van der Waals surface area contributed by atoms with Crippen molar-refractivity contribution in [1.82, 2.24) is 19.2 Å². The molecular weight excluding hydrogens is 558 g/mol. The van der Waals surface area contributed by atoms with Gasteiger partial charge in [0.25, 0.3) is 10.0 Å². The molecule has 4 aromatic rings. The van der Waals surface area contributed by atoms with Crippen molar-refractivity contribution in [2.75, 3.05) is 54.8 Å². The number of aromatic nitrogens is 3.